The largest absolute Gasteiger partial charge is 0.392 e. The highest BCUT2D eigenvalue weighted by molar-refractivity contribution is 6.33. The molecule has 0 saturated heterocycles. The van der Waals surface area contributed by atoms with Gasteiger partial charge in [-0.3, -0.25) is 0 Å². The summed E-state index contributed by atoms with van der Waals surface area (Å²) in [6.07, 6.45) is 0. The summed E-state index contributed by atoms with van der Waals surface area (Å²) in [5.74, 6) is -0.921. The molecule has 0 aliphatic carbocycles. The van der Waals surface area contributed by atoms with Crippen LogP contribution in [0.15, 0.2) is 36.4 Å². The minimum absolute atomic E-state index is 0.261. The maximum absolute atomic E-state index is 13.2. The fourth-order valence-electron chi connectivity index (χ4n) is 1.64. The summed E-state index contributed by atoms with van der Waals surface area (Å²) in [4.78, 5) is 0. The Morgan fingerprint density at radius 3 is 2.18 bits per heavy atom. The lowest BCUT2D eigenvalue weighted by molar-refractivity contribution is 0.282. The van der Waals surface area contributed by atoms with E-state index >= 15 is 0 Å². The van der Waals surface area contributed by atoms with Gasteiger partial charge >= 0.3 is 0 Å². The van der Waals surface area contributed by atoms with Crippen molar-refractivity contribution in [1.29, 1.82) is 0 Å². The van der Waals surface area contributed by atoms with E-state index < -0.39 is 11.6 Å². The van der Waals surface area contributed by atoms with Gasteiger partial charge in [-0.2, -0.15) is 0 Å². The molecule has 0 unspecified atom stereocenters. The van der Waals surface area contributed by atoms with Crippen LogP contribution in [-0.4, -0.2) is 5.11 Å². The van der Waals surface area contributed by atoms with Gasteiger partial charge in [-0.25, -0.2) is 8.78 Å². The predicted octanol–water partition coefficient (Wildman–Crippen LogP) is 3.78. The third-order valence-electron chi connectivity index (χ3n) is 2.46. The first-order valence-corrected chi connectivity index (χ1v) is 5.34. The molecule has 0 aliphatic rings. The van der Waals surface area contributed by atoms with Crippen LogP contribution in [0, 0.1) is 11.6 Å². The molecule has 0 radical (unpaired) electrons. The lowest BCUT2D eigenvalue weighted by Gasteiger charge is -2.09. The molecule has 2 aromatic rings. The lowest BCUT2D eigenvalue weighted by Crippen LogP contribution is -1.92. The van der Waals surface area contributed by atoms with E-state index in [-0.39, 0.29) is 6.61 Å². The van der Waals surface area contributed by atoms with Gasteiger partial charge in [0.25, 0.3) is 0 Å². The van der Waals surface area contributed by atoms with Crippen molar-refractivity contribution in [2.24, 2.45) is 0 Å². The van der Waals surface area contributed by atoms with Gasteiger partial charge in [0, 0.05) is 10.6 Å². The average molecular weight is 255 g/mol. The third-order valence-corrected chi connectivity index (χ3v) is 2.79. The monoisotopic (exact) mass is 254 g/mol. The molecular formula is C13H9ClF2O. The first-order chi connectivity index (χ1) is 8.11. The minimum Gasteiger partial charge on any atom is -0.392 e. The van der Waals surface area contributed by atoms with Gasteiger partial charge < -0.3 is 5.11 Å². The summed E-state index contributed by atoms with van der Waals surface area (Å²) < 4.78 is 26.3. The summed E-state index contributed by atoms with van der Waals surface area (Å²) in [5.41, 5.74) is 1.27. The lowest BCUT2D eigenvalue weighted by atomic mass is 10.00. The van der Waals surface area contributed by atoms with Crippen molar-refractivity contribution in [3.05, 3.63) is 58.6 Å². The van der Waals surface area contributed by atoms with E-state index in [4.69, 9.17) is 11.6 Å². The Morgan fingerprint density at radius 1 is 0.941 bits per heavy atom. The highest BCUT2D eigenvalue weighted by Crippen LogP contribution is 2.31. The Hall–Kier alpha value is -1.45. The molecule has 2 rings (SSSR count). The summed E-state index contributed by atoms with van der Waals surface area (Å²) in [6.45, 7) is -0.261. The highest BCUT2D eigenvalue weighted by atomic mass is 35.5. The molecule has 0 spiro atoms. The second-order valence-corrected chi connectivity index (χ2v) is 3.99. The third kappa shape index (κ3) is 2.46. The molecule has 0 bridgehead atoms. The van der Waals surface area contributed by atoms with Gasteiger partial charge in [-0.15, -0.1) is 0 Å². The average Bonchev–Trinajstić information content (AvgIpc) is 2.32. The molecule has 0 amide bonds. The second kappa shape index (κ2) is 4.82. The number of aliphatic hydroxyl groups is 1. The molecule has 0 saturated carbocycles. The molecule has 4 heteroatoms. The molecule has 0 heterocycles. The topological polar surface area (TPSA) is 20.2 Å². The molecule has 0 atom stereocenters. The Morgan fingerprint density at radius 2 is 1.53 bits per heavy atom. The number of benzene rings is 2. The van der Waals surface area contributed by atoms with Crippen molar-refractivity contribution in [3.8, 4) is 11.1 Å². The van der Waals surface area contributed by atoms with Gasteiger partial charge in [-0.1, -0.05) is 17.7 Å². The molecule has 2 aromatic carbocycles. The van der Waals surface area contributed by atoms with E-state index in [1.165, 1.54) is 36.4 Å². The Labute approximate surface area is 102 Å². The minimum atomic E-state index is -0.461. The quantitative estimate of drug-likeness (QED) is 0.865. The molecule has 1 nitrogen and oxygen atoms in total. The van der Waals surface area contributed by atoms with E-state index in [9.17, 15) is 13.9 Å². The molecular weight excluding hydrogens is 246 g/mol. The summed E-state index contributed by atoms with van der Waals surface area (Å²) in [7, 11) is 0. The molecule has 0 aromatic heterocycles. The van der Waals surface area contributed by atoms with E-state index in [0.717, 1.165) is 0 Å². The maximum atomic E-state index is 13.2. The van der Waals surface area contributed by atoms with Crippen LogP contribution < -0.4 is 0 Å². The van der Waals surface area contributed by atoms with Crippen LogP contribution >= 0.6 is 11.6 Å². The van der Waals surface area contributed by atoms with Crippen LogP contribution in [0.1, 0.15) is 5.56 Å². The van der Waals surface area contributed by atoms with Crippen molar-refractivity contribution < 1.29 is 13.9 Å². The van der Waals surface area contributed by atoms with Crippen LogP contribution in [0.25, 0.3) is 11.1 Å². The van der Waals surface area contributed by atoms with E-state index in [2.05, 4.69) is 0 Å². The number of hydrogen-bond donors (Lipinski definition) is 1. The Kier molecular flexibility index (Phi) is 3.41. The number of aliphatic hydroxyl groups excluding tert-OH is 1. The SMILES string of the molecule is OCc1ccc(F)cc1-c1cc(F)ccc1Cl. The standard InChI is InChI=1S/C13H9ClF2O/c14-13-4-3-10(16)6-12(13)11-5-9(15)2-1-8(11)7-17/h1-6,17H,7H2. The number of rotatable bonds is 2. The summed E-state index contributed by atoms with van der Waals surface area (Å²) in [6, 6.07) is 7.76. The summed E-state index contributed by atoms with van der Waals surface area (Å²) in [5, 5.41) is 9.48. The molecule has 1 N–H and O–H groups in total. The predicted molar refractivity (Wildman–Crippen MR) is 62.7 cm³/mol. The van der Waals surface area contributed by atoms with Crippen molar-refractivity contribution in [2.45, 2.75) is 6.61 Å². The zero-order valence-electron chi connectivity index (χ0n) is 8.75. The van der Waals surface area contributed by atoms with Crippen molar-refractivity contribution in [3.63, 3.8) is 0 Å². The van der Waals surface area contributed by atoms with Crippen LogP contribution in [-0.2, 0) is 6.61 Å². The van der Waals surface area contributed by atoms with Crippen LogP contribution in [0.2, 0.25) is 5.02 Å². The van der Waals surface area contributed by atoms with Gasteiger partial charge in [0.1, 0.15) is 11.6 Å². The highest BCUT2D eigenvalue weighted by Gasteiger charge is 2.10. The first kappa shape index (κ1) is 12.0. The fraction of sp³-hybridized carbons (Fsp3) is 0.0769. The smallest absolute Gasteiger partial charge is 0.123 e. The Balaban J connectivity index is 2.66. The van der Waals surface area contributed by atoms with E-state index in [0.29, 0.717) is 21.7 Å². The normalized spacial score (nSPS) is 10.6. The van der Waals surface area contributed by atoms with E-state index in [1.807, 2.05) is 0 Å². The van der Waals surface area contributed by atoms with Gasteiger partial charge in [0.05, 0.1) is 6.61 Å². The van der Waals surface area contributed by atoms with Crippen molar-refractivity contribution >= 4 is 11.6 Å². The second-order valence-electron chi connectivity index (χ2n) is 3.58. The first-order valence-electron chi connectivity index (χ1n) is 4.96. The van der Waals surface area contributed by atoms with Gasteiger partial charge in [0.2, 0.25) is 0 Å². The number of hydrogen-bond acceptors (Lipinski definition) is 1. The van der Waals surface area contributed by atoms with Crippen LogP contribution in [0.5, 0.6) is 0 Å². The van der Waals surface area contributed by atoms with Crippen LogP contribution in [0.4, 0.5) is 8.78 Å². The molecule has 88 valence electrons. The fourth-order valence-corrected chi connectivity index (χ4v) is 1.86. The summed E-state index contributed by atoms with van der Waals surface area (Å²) >= 11 is 5.94. The van der Waals surface area contributed by atoms with Crippen molar-refractivity contribution in [2.75, 3.05) is 0 Å². The molecule has 17 heavy (non-hydrogen) atoms. The molecule has 0 fully saturated rings. The zero-order chi connectivity index (χ0) is 12.4. The zero-order valence-corrected chi connectivity index (χ0v) is 9.51. The maximum Gasteiger partial charge on any atom is 0.123 e. The van der Waals surface area contributed by atoms with E-state index in [1.54, 1.807) is 0 Å². The van der Waals surface area contributed by atoms with Crippen molar-refractivity contribution in [1.82, 2.24) is 0 Å². The van der Waals surface area contributed by atoms with Gasteiger partial charge in [-0.05, 0) is 41.5 Å². The van der Waals surface area contributed by atoms with Crippen LogP contribution in [0.3, 0.4) is 0 Å². The van der Waals surface area contributed by atoms with Gasteiger partial charge in [0.15, 0.2) is 0 Å². The number of halogens is 3. The molecule has 0 aliphatic heterocycles. The Bertz CT molecular complexity index is 555.